The summed E-state index contributed by atoms with van der Waals surface area (Å²) in [7, 11) is 0. The third-order valence-electron chi connectivity index (χ3n) is 2.91. The van der Waals surface area contributed by atoms with Crippen molar-refractivity contribution >= 4 is 23.2 Å². The van der Waals surface area contributed by atoms with Crippen molar-refractivity contribution in [3.05, 3.63) is 59.8 Å². The maximum absolute atomic E-state index is 9.13. The summed E-state index contributed by atoms with van der Waals surface area (Å²) in [6.07, 6.45) is 6.55. The number of aliphatic hydroxyl groups is 1. The van der Waals surface area contributed by atoms with Crippen LogP contribution in [0.3, 0.4) is 0 Å². The van der Waals surface area contributed by atoms with Gasteiger partial charge in [-0.2, -0.15) is 0 Å². The van der Waals surface area contributed by atoms with Crippen LogP contribution in [0, 0.1) is 0 Å². The van der Waals surface area contributed by atoms with Gasteiger partial charge in [0, 0.05) is 24.2 Å². The molecule has 0 unspecified atom stereocenters. The Labute approximate surface area is 131 Å². The summed E-state index contributed by atoms with van der Waals surface area (Å²) in [5, 5.41) is 12.6. The molecule has 2 N–H and O–H groups in total. The molecule has 3 heterocycles. The molecule has 3 rings (SSSR count). The lowest BCUT2D eigenvalue weighted by Gasteiger charge is -2.07. The number of nitrogens with zero attached hydrogens (tertiary/aromatic N) is 4. The van der Waals surface area contributed by atoms with Gasteiger partial charge >= 0.3 is 0 Å². The quantitative estimate of drug-likeness (QED) is 0.721. The molecular formula is C15H12ClN5O. The van der Waals surface area contributed by atoms with Crippen molar-refractivity contribution in [2.24, 2.45) is 0 Å². The second-order valence-electron chi connectivity index (χ2n) is 4.50. The molecule has 0 saturated carbocycles. The maximum Gasteiger partial charge on any atom is 0.227 e. The van der Waals surface area contributed by atoms with E-state index in [0.717, 1.165) is 11.3 Å². The molecule has 0 aliphatic heterocycles. The second-order valence-corrected chi connectivity index (χ2v) is 4.89. The first-order valence-corrected chi connectivity index (χ1v) is 6.89. The molecule has 3 aromatic rings. The van der Waals surface area contributed by atoms with Gasteiger partial charge in [0.15, 0.2) is 0 Å². The molecule has 0 bridgehead atoms. The number of hydrogen-bond acceptors (Lipinski definition) is 6. The molecule has 110 valence electrons. The molecule has 6 nitrogen and oxygen atoms in total. The van der Waals surface area contributed by atoms with E-state index in [4.69, 9.17) is 16.7 Å². The van der Waals surface area contributed by atoms with Crippen molar-refractivity contribution in [1.82, 2.24) is 19.9 Å². The zero-order chi connectivity index (χ0) is 15.4. The fraction of sp³-hybridized carbons (Fsp3) is 0.0667. The molecule has 0 radical (unpaired) electrons. The third kappa shape index (κ3) is 3.36. The summed E-state index contributed by atoms with van der Waals surface area (Å²) in [4.78, 5) is 16.7. The molecule has 0 atom stereocenters. The first kappa shape index (κ1) is 14.4. The molecule has 0 spiro atoms. The number of aromatic nitrogens is 4. The molecule has 7 heteroatoms. The van der Waals surface area contributed by atoms with Gasteiger partial charge in [-0.15, -0.1) is 0 Å². The fourth-order valence-corrected chi connectivity index (χ4v) is 1.99. The van der Waals surface area contributed by atoms with Crippen LogP contribution in [0.1, 0.15) is 5.56 Å². The fourth-order valence-electron chi connectivity index (χ4n) is 1.88. The highest BCUT2D eigenvalue weighted by Crippen LogP contribution is 2.20. The largest absolute Gasteiger partial charge is 0.392 e. The van der Waals surface area contributed by atoms with E-state index in [1.165, 1.54) is 0 Å². The normalized spacial score (nSPS) is 10.5. The summed E-state index contributed by atoms with van der Waals surface area (Å²) in [5.41, 5.74) is 2.99. The van der Waals surface area contributed by atoms with E-state index in [0.29, 0.717) is 22.4 Å². The van der Waals surface area contributed by atoms with Gasteiger partial charge in [0.25, 0.3) is 0 Å². The Balaban J connectivity index is 1.86. The average Bonchev–Trinajstić information content (AvgIpc) is 2.56. The minimum absolute atomic E-state index is 0.0696. The second kappa shape index (κ2) is 6.46. The van der Waals surface area contributed by atoms with Crippen LogP contribution in [-0.2, 0) is 6.61 Å². The molecule has 0 aliphatic rings. The Morgan fingerprint density at radius 2 is 2.00 bits per heavy atom. The SMILES string of the molecule is OCc1cncc(Nc2nccc(-c3ccc(Cl)nc3)n2)c1. The molecule has 22 heavy (non-hydrogen) atoms. The van der Waals surface area contributed by atoms with Crippen LogP contribution in [-0.4, -0.2) is 25.0 Å². The summed E-state index contributed by atoms with van der Waals surface area (Å²) in [6.45, 7) is -0.0696. The maximum atomic E-state index is 9.13. The summed E-state index contributed by atoms with van der Waals surface area (Å²) in [6, 6.07) is 7.13. The van der Waals surface area contributed by atoms with Crippen LogP contribution < -0.4 is 5.32 Å². The zero-order valence-electron chi connectivity index (χ0n) is 11.4. The molecule has 0 aliphatic carbocycles. The van der Waals surface area contributed by atoms with Gasteiger partial charge in [-0.1, -0.05) is 11.6 Å². The highest BCUT2D eigenvalue weighted by Gasteiger charge is 2.04. The van der Waals surface area contributed by atoms with Crippen molar-refractivity contribution < 1.29 is 5.11 Å². The lowest BCUT2D eigenvalue weighted by Crippen LogP contribution is -1.99. The van der Waals surface area contributed by atoms with Crippen molar-refractivity contribution in [2.45, 2.75) is 6.61 Å². The first-order valence-electron chi connectivity index (χ1n) is 6.51. The Hall–Kier alpha value is -2.57. The summed E-state index contributed by atoms with van der Waals surface area (Å²) in [5.74, 6) is 0.435. The van der Waals surface area contributed by atoms with Crippen LogP contribution in [0.15, 0.2) is 49.1 Å². The van der Waals surface area contributed by atoms with E-state index >= 15 is 0 Å². The van der Waals surface area contributed by atoms with Crippen molar-refractivity contribution in [1.29, 1.82) is 0 Å². The van der Waals surface area contributed by atoms with E-state index in [1.807, 2.05) is 6.07 Å². The van der Waals surface area contributed by atoms with E-state index in [1.54, 1.807) is 43.0 Å². The van der Waals surface area contributed by atoms with Gasteiger partial charge in [-0.3, -0.25) is 4.98 Å². The van der Waals surface area contributed by atoms with Crippen molar-refractivity contribution in [3.8, 4) is 11.3 Å². The molecule has 0 aromatic carbocycles. The smallest absolute Gasteiger partial charge is 0.227 e. The van der Waals surface area contributed by atoms with Crippen molar-refractivity contribution in [3.63, 3.8) is 0 Å². The third-order valence-corrected chi connectivity index (χ3v) is 3.14. The zero-order valence-corrected chi connectivity index (χ0v) is 12.2. The number of nitrogens with one attached hydrogen (secondary N) is 1. The van der Waals surface area contributed by atoms with Crippen LogP contribution in [0.2, 0.25) is 5.15 Å². The topological polar surface area (TPSA) is 83.8 Å². The number of aliphatic hydroxyl groups excluding tert-OH is 1. The molecule has 0 amide bonds. The van der Waals surface area contributed by atoms with Gasteiger partial charge in [0.1, 0.15) is 5.15 Å². The van der Waals surface area contributed by atoms with Gasteiger partial charge in [-0.25, -0.2) is 15.0 Å². The van der Waals surface area contributed by atoms with Gasteiger partial charge in [0.05, 0.1) is 24.2 Å². The minimum Gasteiger partial charge on any atom is -0.392 e. The van der Waals surface area contributed by atoms with Gasteiger partial charge < -0.3 is 10.4 Å². The molecule has 0 fully saturated rings. The highest BCUT2D eigenvalue weighted by atomic mass is 35.5. The molecular weight excluding hydrogens is 302 g/mol. The minimum atomic E-state index is -0.0696. The van der Waals surface area contributed by atoms with E-state index in [-0.39, 0.29) is 6.61 Å². The van der Waals surface area contributed by atoms with Crippen LogP contribution >= 0.6 is 11.6 Å². The number of pyridine rings is 2. The van der Waals surface area contributed by atoms with Crippen LogP contribution in [0.4, 0.5) is 11.6 Å². The van der Waals surface area contributed by atoms with Crippen LogP contribution in [0.25, 0.3) is 11.3 Å². The number of hydrogen-bond donors (Lipinski definition) is 2. The molecule has 3 aromatic heterocycles. The van der Waals surface area contributed by atoms with E-state index in [9.17, 15) is 0 Å². The summed E-state index contributed by atoms with van der Waals surface area (Å²) < 4.78 is 0. The van der Waals surface area contributed by atoms with E-state index < -0.39 is 0 Å². The van der Waals surface area contributed by atoms with Gasteiger partial charge in [0.2, 0.25) is 5.95 Å². The number of rotatable bonds is 4. The van der Waals surface area contributed by atoms with E-state index in [2.05, 4.69) is 25.3 Å². The number of anilines is 2. The van der Waals surface area contributed by atoms with Gasteiger partial charge in [-0.05, 0) is 29.8 Å². The highest BCUT2D eigenvalue weighted by molar-refractivity contribution is 6.29. The van der Waals surface area contributed by atoms with Crippen molar-refractivity contribution in [2.75, 3.05) is 5.32 Å². The first-order chi connectivity index (χ1) is 10.7. The lowest BCUT2D eigenvalue weighted by molar-refractivity contribution is 0.281. The van der Waals surface area contributed by atoms with Crippen LogP contribution in [0.5, 0.6) is 0 Å². The predicted octanol–water partition coefficient (Wildman–Crippen LogP) is 2.82. The summed E-state index contributed by atoms with van der Waals surface area (Å²) >= 11 is 5.78. The standard InChI is InChI=1S/C15H12ClN5O/c16-14-2-1-11(7-19-14)13-3-4-18-15(21-13)20-12-5-10(9-22)6-17-8-12/h1-8,22H,9H2,(H,18,20,21). The number of halogens is 1. The average molecular weight is 314 g/mol. The Morgan fingerprint density at radius 3 is 2.77 bits per heavy atom. The predicted molar refractivity (Wildman–Crippen MR) is 83.7 cm³/mol. The monoisotopic (exact) mass is 313 g/mol. The molecule has 0 saturated heterocycles. The Morgan fingerprint density at radius 1 is 1.09 bits per heavy atom. The lowest BCUT2D eigenvalue weighted by atomic mass is 10.2. The Bertz CT molecular complexity index is 779. The Kier molecular flexibility index (Phi) is 4.22.